The van der Waals surface area contributed by atoms with Gasteiger partial charge in [-0.1, -0.05) is 6.92 Å². The van der Waals surface area contributed by atoms with E-state index in [2.05, 4.69) is 22.2 Å². The van der Waals surface area contributed by atoms with Gasteiger partial charge >= 0.3 is 0 Å². The summed E-state index contributed by atoms with van der Waals surface area (Å²) in [7, 11) is 3.83. The molecule has 2 atom stereocenters. The Hall–Kier alpha value is -1.23. The average Bonchev–Trinajstić information content (AvgIpc) is 2.89. The number of ether oxygens (including phenoxy) is 1. The fourth-order valence-electron chi connectivity index (χ4n) is 3.04. The van der Waals surface area contributed by atoms with Crippen LogP contribution in [0, 0.1) is 0 Å². The molecule has 94 valence electrons. The topological polar surface area (TPSA) is 42.3 Å². The van der Waals surface area contributed by atoms with Crippen LogP contribution < -0.4 is 10.2 Å². The predicted octanol–water partition coefficient (Wildman–Crippen LogP) is 1.00. The van der Waals surface area contributed by atoms with Gasteiger partial charge in [-0.25, -0.2) is 0 Å². The maximum absolute atomic E-state index is 5.49. The molecule has 2 unspecified atom stereocenters. The zero-order valence-electron chi connectivity index (χ0n) is 10.7. The van der Waals surface area contributed by atoms with Crippen molar-refractivity contribution < 1.29 is 4.74 Å². The molecular formula is C12H20N4O. The molecular weight excluding hydrogens is 216 g/mol. The van der Waals surface area contributed by atoms with E-state index in [9.17, 15) is 0 Å². The number of hydrogen-bond acceptors (Lipinski definition) is 4. The molecule has 1 N–H and O–H groups in total. The maximum atomic E-state index is 5.49. The third-order valence-electron chi connectivity index (χ3n) is 3.92. The molecule has 2 aliphatic rings. The Balaban J connectivity index is 1.99. The number of methoxy groups -OCH3 is 1. The van der Waals surface area contributed by atoms with Crippen molar-refractivity contribution in [3.05, 3.63) is 5.69 Å². The fourth-order valence-corrected chi connectivity index (χ4v) is 3.04. The smallest absolute Gasteiger partial charge is 0.151 e. The van der Waals surface area contributed by atoms with E-state index in [0.29, 0.717) is 12.1 Å². The quantitative estimate of drug-likeness (QED) is 0.832. The standard InChI is InChI=1S/C12H20N4O/c1-4-10-11-12(15(2)14-10)16-7-9(17-3)5-8(16)6-13-11/h8-9,13H,4-7H2,1-3H3. The number of fused-ring (bicyclic) bond motifs is 3. The van der Waals surface area contributed by atoms with Gasteiger partial charge in [0.1, 0.15) is 5.69 Å². The van der Waals surface area contributed by atoms with Crippen molar-refractivity contribution in [2.24, 2.45) is 7.05 Å². The van der Waals surface area contributed by atoms with E-state index < -0.39 is 0 Å². The molecule has 0 spiro atoms. The number of aromatic nitrogens is 2. The predicted molar refractivity (Wildman–Crippen MR) is 67.6 cm³/mol. The van der Waals surface area contributed by atoms with E-state index in [1.54, 1.807) is 7.11 Å². The van der Waals surface area contributed by atoms with Gasteiger partial charge in [0.05, 0.1) is 17.8 Å². The van der Waals surface area contributed by atoms with E-state index in [0.717, 1.165) is 25.9 Å². The van der Waals surface area contributed by atoms with Crippen LogP contribution in [0.4, 0.5) is 11.5 Å². The number of anilines is 2. The molecule has 0 amide bonds. The number of nitrogens with one attached hydrogen (secondary N) is 1. The first-order chi connectivity index (χ1) is 8.24. The SMILES string of the molecule is CCc1nn(C)c2c1NCC1CC(OC)CN21. The lowest BCUT2D eigenvalue weighted by molar-refractivity contribution is 0.118. The summed E-state index contributed by atoms with van der Waals surface area (Å²) in [5.41, 5.74) is 2.39. The zero-order valence-corrected chi connectivity index (χ0v) is 10.7. The van der Waals surface area contributed by atoms with E-state index in [4.69, 9.17) is 4.74 Å². The summed E-state index contributed by atoms with van der Waals surface area (Å²) < 4.78 is 7.50. The Morgan fingerprint density at radius 2 is 2.35 bits per heavy atom. The highest BCUT2D eigenvalue weighted by atomic mass is 16.5. The van der Waals surface area contributed by atoms with Crippen LogP contribution in [0.1, 0.15) is 19.0 Å². The minimum atomic E-state index is 0.354. The van der Waals surface area contributed by atoms with Gasteiger partial charge in [0.15, 0.2) is 5.82 Å². The maximum Gasteiger partial charge on any atom is 0.151 e. The van der Waals surface area contributed by atoms with Crippen LogP contribution in [-0.2, 0) is 18.2 Å². The summed E-state index contributed by atoms with van der Waals surface area (Å²) in [6.07, 6.45) is 2.44. The number of rotatable bonds is 2. The van der Waals surface area contributed by atoms with Crippen LogP contribution in [0.3, 0.4) is 0 Å². The number of hydrogen-bond donors (Lipinski definition) is 1. The lowest BCUT2D eigenvalue weighted by Crippen LogP contribution is -2.40. The first kappa shape index (κ1) is 10.9. The van der Waals surface area contributed by atoms with Gasteiger partial charge in [0.25, 0.3) is 0 Å². The van der Waals surface area contributed by atoms with Crippen molar-refractivity contribution >= 4 is 11.5 Å². The molecule has 0 saturated carbocycles. The Morgan fingerprint density at radius 3 is 3.06 bits per heavy atom. The molecule has 1 saturated heterocycles. The summed E-state index contributed by atoms with van der Waals surface area (Å²) in [5, 5.41) is 8.13. The van der Waals surface area contributed by atoms with Gasteiger partial charge < -0.3 is 15.0 Å². The summed E-state index contributed by atoms with van der Waals surface area (Å²) in [4.78, 5) is 2.45. The molecule has 3 rings (SSSR count). The third-order valence-corrected chi connectivity index (χ3v) is 3.92. The number of nitrogens with zero attached hydrogens (tertiary/aromatic N) is 3. The Labute approximate surface area is 102 Å². The molecule has 0 bridgehead atoms. The first-order valence-corrected chi connectivity index (χ1v) is 6.33. The fraction of sp³-hybridized carbons (Fsp3) is 0.750. The third kappa shape index (κ3) is 1.52. The zero-order chi connectivity index (χ0) is 12.0. The molecule has 0 aromatic carbocycles. The highest BCUT2D eigenvalue weighted by Crippen LogP contribution is 2.38. The molecule has 1 aromatic heterocycles. The lowest BCUT2D eigenvalue weighted by atomic mass is 10.1. The summed E-state index contributed by atoms with van der Waals surface area (Å²) in [6, 6.07) is 0.549. The van der Waals surface area contributed by atoms with Crippen molar-refractivity contribution in [1.82, 2.24) is 9.78 Å². The van der Waals surface area contributed by atoms with Crippen molar-refractivity contribution in [2.45, 2.75) is 31.9 Å². The van der Waals surface area contributed by atoms with Crippen LogP contribution >= 0.6 is 0 Å². The lowest BCUT2D eigenvalue weighted by Gasteiger charge is -2.32. The van der Waals surface area contributed by atoms with Crippen molar-refractivity contribution in [1.29, 1.82) is 0 Å². The minimum Gasteiger partial charge on any atom is -0.380 e. The molecule has 17 heavy (non-hydrogen) atoms. The highest BCUT2D eigenvalue weighted by molar-refractivity contribution is 5.72. The first-order valence-electron chi connectivity index (χ1n) is 6.33. The molecule has 1 fully saturated rings. The molecule has 0 aliphatic carbocycles. The Morgan fingerprint density at radius 1 is 1.53 bits per heavy atom. The van der Waals surface area contributed by atoms with Crippen LogP contribution in [0.25, 0.3) is 0 Å². The van der Waals surface area contributed by atoms with Crippen molar-refractivity contribution in [3.63, 3.8) is 0 Å². The summed E-state index contributed by atoms with van der Waals surface area (Å²) >= 11 is 0. The molecule has 0 radical (unpaired) electrons. The molecule has 5 nitrogen and oxygen atoms in total. The van der Waals surface area contributed by atoms with Gasteiger partial charge in [-0.15, -0.1) is 0 Å². The summed E-state index contributed by atoms with van der Waals surface area (Å²) in [6.45, 7) is 4.14. The van der Waals surface area contributed by atoms with Crippen LogP contribution in [-0.4, -0.2) is 42.1 Å². The molecule has 3 heterocycles. The van der Waals surface area contributed by atoms with E-state index in [-0.39, 0.29) is 0 Å². The van der Waals surface area contributed by atoms with Crippen LogP contribution in [0.2, 0.25) is 0 Å². The largest absolute Gasteiger partial charge is 0.380 e. The van der Waals surface area contributed by atoms with Gasteiger partial charge in [0, 0.05) is 27.2 Å². The summed E-state index contributed by atoms with van der Waals surface area (Å²) in [5.74, 6) is 1.23. The molecule has 5 heteroatoms. The Kier molecular flexibility index (Phi) is 2.50. The minimum absolute atomic E-state index is 0.354. The van der Waals surface area contributed by atoms with Gasteiger partial charge in [-0.2, -0.15) is 5.10 Å². The Bertz CT molecular complexity index is 428. The second-order valence-corrected chi connectivity index (χ2v) is 4.90. The van der Waals surface area contributed by atoms with E-state index in [1.165, 1.54) is 17.2 Å². The second kappa shape index (κ2) is 3.91. The second-order valence-electron chi connectivity index (χ2n) is 4.90. The molecule has 2 aliphatic heterocycles. The monoisotopic (exact) mass is 236 g/mol. The van der Waals surface area contributed by atoms with Crippen LogP contribution in [0.15, 0.2) is 0 Å². The van der Waals surface area contributed by atoms with Gasteiger partial charge in [-0.3, -0.25) is 4.68 Å². The normalized spacial score (nSPS) is 26.6. The van der Waals surface area contributed by atoms with Crippen molar-refractivity contribution in [2.75, 3.05) is 30.4 Å². The highest BCUT2D eigenvalue weighted by Gasteiger charge is 2.38. The van der Waals surface area contributed by atoms with Crippen LogP contribution in [0.5, 0.6) is 0 Å². The molecule has 1 aromatic rings. The van der Waals surface area contributed by atoms with Gasteiger partial charge in [-0.05, 0) is 12.8 Å². The van der Waals surface area contributed by atoms with E-state index >= 15 is 0 Å². The van der Waals surface area contributed by atoms with Gasteiger partial charge in [0.2, 0.25) is 0 Å². The van der Waals surface area contributed by atoms with E-state index in [1.807, 2.05) is 11.7 Å². The average molecular weight is 236 g/mol. The van der Waals surface area contributed by atoms with Crippen molar-refractivity contribution in [3.8, 4) is 0 Å². The number of aryl methyl sites for hydroxylation is 2.